The molecule has 3 aromatic carbocycles. The fourth-order valence-corrected chi connectivity index (χ4v) is 2.58. The zero-order valence-corrected chi connectivity index (χ0v) is 12.8. The molecule has 0 aromatic heterocycles. The van der Waals surface area contributed by atoms with Crippen LogP contribution in [0, 0.1) is 0 Å². The number of hydrogen-bond acceptors (Lipinski definition) is 4. The van der Waals surface area contributed by atoms with E-state index in [-0.39, 0.29) is 19.3 Å². The van der Waals surface area contributed by atoms with Gasteiger partial charge in [0, 0.05) is 11.8 Å². The van der Waals surface area contributed by atoms with Gasteiger partial charge in [0.25, 0.3) is 5.91 Å². The minimum Gasteiger partial charge on any atom is -0.484 e. The zero-order valence-electron chi connectivity index (χ0n) is 12.8. The topological polar surface area (TPSA) is 56.8 Å². The van der Waals surface area contributed by atoms with Gasteiger partial charge >= 0.3 is 0 Å². The van der Waals surface area contributed by atoms with Crippen LogP contribution in [0.1, 0.15) is 0 Å². The third-order valence-electron chi connectivity index (χ3n) is 3.75. The Hall–Kier alpha value is -3.21. The van der Waals surface area contributed by atoms with Crippen molar-refractivity contribution in [3.8, 4) is 17.2 Å². The molecule has 4 rings (SSSR count). The van der Waals surface area contributed by atoms with Crippen molar-refractivity contribution in [2.45, 2.75) is 0 Å². The summed E-state index contributed by atoms with van der Waals surface area (Å²) in [5.74, 6) is 1.74. The molecule has 120 valence electrons. The maximum atomic E-state index is 12.0. The maximum absolute atomic E-state index is 12.0. The predicted octanol–water partition coefficient (Wildman–Crippen LogP) is 3.59. The number of ether oxygens (including phenoxy) is 3. The average Bonchev–Trinajstić information content (AvgIpc) is 3.07. The third-order valence-corrected chi connectivity index (χ3v) is 3.75. The van der Waals surface area contributed by atoms with Gasteiger partial charge in [0.2, 0.25) is 6.79 Å². The molecule has 0 radical (unpaired) electrons. The van der Waals surface area contributed by atoms with Gasteiger partial charge in [-0.15, -0.1) is 0 Å². The molecule has 0 saturated heterocycles. The van der Waals surface area contributed by atoms with Crippen LogP contribution >= 0.6 is 0 Å². The van der Waals surface area contributed by atoms with Crippen LogP contribution in [0.4, 0.5) is 5.69 Å². The predicted molar refractivity (Wildman–Crippen MR) is 90.6 cm³/mol. The maximum Gasteiger partial charge on any atom is 0.262 e. The number of nitrogens with one attached hydrogen (secondary N) is 1. The lowest BCUT2D eigenvalue weighted by Crippen LogP contribution is -2.20. The number of rotatable bonds is 4. The molecule has 0 atom stereocenters. The van der Waals surface area contributed by atoms with Crippen LogP contribution in [0.2, 0.25) is 0 Å². The van der Waals surface area contributed by atoms with Crippen molar-refractivity contribution in [3.05, 3.63) is 60.7 Å². The second kappa shape index (κ2) is 6.12. The molecule has 1 aliphatic heterocycles. The molecular formula is C19H15NO4. The van der Waals surface area contributed by atoms with E-state index in [1.807, 2.05) is 42.5 Å². The van der Waals surface area contributed by atoms with Crippen molar-refractivity contribution >= 4 is 22.4 Å². The largest absolute Gasteiger partial charge is 0.484 e. The summed E-state index contributed by atoms with van der Waals surface area (Å²) in [7, 11) is 0. The van der Waals surface area contributed by atoms with E-state index >= 15 is 0 Å². The first kappa shape index (κ1) is 14.4. The summed E-state index contributed by atoms with van der Waals surface area (Å²) in [5.41, 5.74) is 0.645. The van der Waals surface area contributed by atoms with Gasteiger partial charge in [-0.2, -0.15) is 0 Å². The Morgan fingerprint density at radius 3 is 2.71 bits per heavy atom. The van der Waals surface area contributed by atoms with Gasteiger partial charge in [-0.25, -0.2) is 0 Å². The monoisotopic (exact) mass is 321 g/mol. The third kappa shape index (κ3) is 2.96. The van der Waals surface area contributed by atoms with Gasteiger partial charge in [-0.1, -0.05) is 30.3 Å². The summed E-state index contributed by atoms with van der Waals surface area (Å²) >= 11 is 0. The summed E-state index contributed by atoms with van der Waals surface area (Å²) in [4.78, 5) is 12.0. The number of amides is 1. The van der Waals surface area contributed by atoms with E-state index in [0.717, 1.165) is 10.8 Å². The summed E-state index contributed by atoms with van der Waals surface area (Å²) < 4.78 is 16.1. The van der Waals surface area contributed by atoms with Crippen LogP contribution in [0.15, 0.2) is 60.7 Å². The molecule has 0 bridgehead atoms. The molecule has 0 saturated carbocycles. The van der Waals surface area contributed by atoms with E-state index in [2.05, 4.69) is 5.32 Å². The highest BCUT2D eigenvalue weighted by molar-refractivity contribution is 5.92. The SMILES string of the molecule is O=C(COc1ccc2ccccc2c1)Nc1ccc2c(c1)OCO2. The van der Waals surface area contributed by atoms with E-state index in [1.165, 1.54) is 0 Å². The normalized spacial score (nSPS) is 12.2. The van der Waals surface area contributed by atoms with Crippen molar-refractivity contribution in [1.29, 1.82) is 0 Å². The van der Waals surface area contributed by atoms with Crippen molar-refractivity contribution in [3.63, 3.8) is 0 Å². The molecule has 24 heavy (non-hydrogen) atoms. The Balaban J connectivity index is 1.39. The molecule has 1 amide bonds. The highest BCUT2D eigenvalue weighted by Gasteiger charge is 2.14. The summed E-state index contributed by atoms with van der Waals surface area (Å²) in [6.45, 7) is 0.143. The summed E-state index contributed by atoms with van der Waals surface area (Å²) in [5, 5.41) is 4.99. The van der Waals surface area contributed by atoms with E-state index in [4.69, 9.17) is 14.2 Å². The quantitative estimate of drug-likeness (QED) is 0.798. The molecule has 5 nitrogen and oxygen atoms in total. The van der Waals surface area contributed by atoms with E-state index in [9.17, 15) is 4.79 Å². The molecule has 0 unspecified atom stereocenters. The standard InChI is InChI=1S/C19H15NO4/c21-19(20-15-6-8-17-18(10-15)24-12-23-17)11-22-16-7-5-13-3-1-2-4-14(13)9-16/h1-10H,11-12H2,(H,20,21). The van der Waals surface area contributed by atoms with Crippen molar-refractivity contribution in [2.24, 2.45) is 0 Å². The van der Waals surface area contributed by atoms with Gasteiger partial charge in [-0.05, 0) is 35.0 Å². The molecular weight excluding hydrogens is 306 g/mol. The number of fused-ring (bicyclic) bond motifs is 2. The van der Waals surface area contributed by atoms with Crippen molar-refractivity contribution < 1.29 is 19.0 Å². The molecule has 1 aliphatic rings. The highest BCUT2D eigenvalue weighted by atomic mass is 16.7. The summed E-state index contributed by atoms with van der Waals surface area (Å²) in [6, 6.07) is 19.0. The number of benzene rings is 3. The molecule has 5 heteroatoms. The first-order valence-corrected chi connectivity index (χ1v) is 7.59. The number of carbonyl (C=O) groups is 1. The second-order valence-corrected chi connectivity index (χ2v) is 5.41. The fourth-order valence-electron chi connectivity index (χ4n) is 2.58. The van der Waals surface area contributed by atoms with E-state index in [1.54, 1.807) is 18.2 Å². The van der Waals surface area contributed by atoms with Crippen molar-refractivity contribution in [2.75, 3.05) is 18.7 Å². The Labute approximate surface area is 138 Å². The van der Waals surface area contributed by atoms with Crippen LogP contribution in [-0.4, -0.2) is 19.3 Å². The van der Waals surface area contributed by atoms with Crippen molar-refractivity contribution in [1.82, 2.24) is 0 Å². The van der Waals surface area contributed by atoms with E-state index < -0.39 is 0 Å². The smallest absolute Gasteiger partial charge is 0.262 e. The Morgan fingerprint density at radius 2 is 1.79 bits per heavy atom. The van der Waals surface area contributed by atoms with Crippen LogP contribution < -0.4 is 19.5 Å². The minimum absolute atomic E-state index is 0.0627. The van der Waals surface area contributed by atoms with Gasteiger partial charge in [0.1, 0.15) is 5.75 Å². The highest BCUT2D eigenvalue weighted by Crippen LogP contribution is 2.34. The zero-order chi connectivity index (χ0) is 16.4. The number of hydrogen-bond donors (Lipinski definition) is 1. The summed E-state index contributed by atoms with van der Waals surface area (Å²) in [6.07, 6.45) is 0. The number of anilines is 1. The lowest BCUT2D eigenvalue weighted by molar-refractivity contribution is -0.118. The van der Waals surface area contributed by atoms with Gasteiger partial charge in [-0.3, -0.25) is 4.79 Å². The van der Waals surface area contributed by atoms with Crippen LogP contribution in [0.3, 0.4) is 0 Å². The first-order valence-electron chi connectivity index (χ1n) is 7.59. The fraction of sp³-hybridized carbons (Fsp3) is 0.105. The second-order valence-electron chi connectivity index (χ2n) is 5.41. The van der Waals surface area contributed by atoms with Crippen LogP contribution in [0.25, 0.3) is 10.8 Å². The lowest BCUT2D eigenvalue weighted by Gasteiger charge is -2.09. The minimum atomic E-state index is -0.234. The Kier molecular flexibility index (Phi) is 3.67. The molecule has 0 aliphatic carbocycles. The molecule has 0 spiro atoms. The van der Waals surface area contributed by atoms with E-state index in [0.29, 0.717) is 22.9 Å². The Bertz CT molecular complexity index is 907. The van der Waals surface area contributed by atoms with Gasteiger partial charge in [0.05, 0.1) is 0 Å². The van der Waals surface area contributed by atoms with Gasteiger partial charge < -0.3 is 19.5 Å². The lowest BCUT2D eigenvalue weighted by atomic mass is 10.1. The first-order chi connectivity index (χ1) is 11.8. The average molecular weight is 321 g/mol. The molecule has 1 heterocycles. The molecule has 1 N–H and O–H groups in total. The van der Waals surface area contributed by atoms with Crippen LogP contribution in [-0.2, 0) is 4.79 Å². The molecule has 3 aromatic rings. The van der Waals surface area contributed by atoms with Crippen LogP contribution in [0.5, 0.6) is 17.2 Å². The number of carbonyl (C=O) groups excluding carboxylic acids is 1. The van der Waals surface area contributed by atoms with Gasteiger partial charge in [0.15, 0.2) is 18.1 Å². The Morgan fingerprint density at radius 1 is 0.958 bits per heavy atom. The molecule has 0 fully saturated rings.